The Kier molecular flexibility index (Phi) is 5.34. The number of aryl methyl sites for hydroxylation is 1. The summed E-state index contributed by atoms with van der Waals surface area (Å²) in [5.74, 6) is 1.39. The van der Waals surface area contributed by atoms with Gasteiger partial charge in [0.2, 0.25) is 0 Å². The predicted octanol–water partition coefficient (Wildman–Crippen LogP) is 4.44. The van der Waals surface area contributed by atoms with Crippen LogP contribution in [0.3, 0.4) is 0 Å². The lowest BCUT2D eigenvalue weighted by atomic mass is 10.2. The van der Waals surface area contributed by atoms with Crippen molar-refractivity contribution in [3.63, 3.8) is 0 Å². The smallest absolute Gasteiger partial charge is 0.274 e. The maximum absolute atomic E-state index is 12.5. The minimum Gasteiger partial charge on any atom is -0.497 e. The molecule has 0 radical (unpaired) electrons. The Morgan fingerprint density at radius 1 is 1.04 bits per heavy atom. The Morgan fingerprint density at radius 2 is 1.81 bits per heavy atom. The molecular weight excluding hydrogens is 352 g/mol. The Morgan fingerprint density at radius 3 is 2.50 bits per heavy atom. The first-order chi connectivity index (χ1) is 12.5. The van der Waals surface area contributed by atoms with Crippen LogP contribution >= 0.6 is 11.6 Å². The molecule has 0 fully saturated rings. The van der Waals surface area contributed by atoms with E-state index in [0.717, 1.165) is 5.69 Å². The van der Waals surface area contributed by atoms with E-state index in [2.05, 4.69) is 20.6 Å². The maximum atomic E-state index is 12.5. The van der Waals surface area contributed by atoms with Gasteiger partial charge in [-0.05, 0) is 49.4 Å². The summed E-state index contributed by atoms with van der Waals surface area (Å²) in [7, 11) is 1.59. The predicted molar refractivity (Wildman–Crippen MR) is 102 cm³/mol. The lowest BCUT2D eigenvalue weighted by Gasteiger charge is -2.10. The molecule has 0 spiro atoms. The Balaban J connectivity index is 1.78. The van der Waals surface area contributed by atoms with Crippen molar-refractivity contribution in [3.8, 4) is 5.75 Å². The molecule has 0 saturated heterocycles. The van der Waals surface area contributed by atoms with Crippen LogP contribution in [0.5, 0.6) is 5.75 Å². The van der Waals surface area contributed by atoms with Gasteiger partial charge < -0.3 is 15.4 Å². The van der Waals surface area contributed by atoms with Crippen molar-refractivity contribution < 1.29 is 9.53 Å². The van der Waals surface area contributed by atoms with Gasteiger partial charge in [-0.15, -0.1) is 0 Å². The number of ether oxygens (including phenoxy) is 1. The molecule has 0 unspecified atom stereocenters. The van der Waals surface area contributed by atoms with Crippen LogP contribution in [-0.4, -0.2) is 23.0 Å². The van der Waals surface area contributed by atoms with Gasteiger partial charge in [-0.2, -0.15) is 0 Å². The summed E-state index contributed by atoms with van der Waals surface area (Å²) in [6.07, 6.45) is 0. The molecule has 132 valence electrons. The monoisotopic (exact) mass is 368 g/mol. The molecular formula is C19H17ClN4O2. The zero-order chi connectivity index (χ0) is 18.5. The zero-order valence-corrected chi connectivity index (χ0v) is 15.0. The number of nitrogens with one attached hydrogen (secondary N) is 2. The number of carbonyl (C=O) groups is 1. The molecule has 0 aliphatic heterocycles. The summed E-state index contributed by atoms with van der Waals surface area (Å²) in [6, 6.07) is 15.9. The first kappa shape index (κ1) is 17.7. The van der Waals surface area contributed by atoms with Crippen molar-refractivity contribution in [2.45, 2.75) is 6.92 Å². The summed E-state index contributed by atoms with van der Waals surface area (Å²) in [4.78, 5) is 21.0. The number of carbonyl (C=O) groups excluding carboxylic acids is 1. The molecule has 0 aliphatic carbocycles. The number of anilines is 3. The molecule has 7 heteroatoms. The van der Waals surface area contributed by atoms with Gasteiger partial charge in [0.15, 0.2) is 0 Å². The third kappa shape index (κ3) is 4.49. The van der Waals surface area contributed by atoms with E-state index in [9.17, 15) is 4.79 Å². The fraction of sp³-hybridized carbons (Fsp3) is 0.105. The lowest BCUT2D eigenvalue weighted by molar-refractivity contribution is 0.102. The fourth-order valence-corrected chi connectivity index (χ4v) is 2.52. The number of rotatable bonds is 5. The molecule has 26 heavy (non-hydrogen) atoms. The van der Waals surface area contributed by atoms with Gasteiger partial charge in [0.25, 0.3) is 5.91 Å². The minimum atomic E-state index is -0.324. The quantitative estimate of drug-likeness (QED) is 0.696. The van der Waals surface area contributed by atoms with Gasteiger partial charge in [-0.3, -0.25) is 4.79 Å². The van der Waals surface area contributed by atoms with Gasteiger partial charge in [-0.25, -0.2) is 9.97 Å². The van der Waals surface area contributed by atoms with Crippen molar-refractivity contribution in [2.75, 3.05) is 17.7 Å². The van der Waals surface area contributed by atoms with E-state index in [0.29, 0.717) is 28.1 Å². The van der Waals surface area contributed by atoms with Crippen LogP contribution in [0, 0.1) is 6.92 Å². The highest BCUT2D eigenvalue weighted by Crippen LogP contribution is 2.20. The summed E-state index contributed by atoms with van der Waals surface area (Å²) in [5.41, 5.74) is 1.69. The van der Waals surface area contributed by atoms with Crippen LogP contribution in [0.4, 0.5) is 17.2 Å². The van der Waals surface area contributed by atoms with Gasteiger partial charge in [0.05, 0.1) is 7.11 Å². The van der Waals surface area contributed by atoms with Crippen molar-refractivity contribution in [1.29, 1.82) is 0 Å². The summed E-state index contributed by atoms with van der Waals surface area (Å²) in [6.45, 7) is 1.73. The Bertz CT molecular complexity index is 929. The fourth-order valence-electron chi connectivity index (χ4n) is 2.33. The van der Waals surface area contributed by atoms with Crippen LogP contribution in [0.2, 0.25) is 5.02 Å². The highest BCUT2D eigenvalue weighted by molar-refractivity contribution is 6.30. The molecule has 1 heterocycles. The second-order valence-electron chi connectivity index (χ2n) is 5.50. The van der Waals surface area contributed by atoms with Crippen LogP contribution < -0.4 is 15.4 Å². The molecule has 6 nitrogen and oxygen atoms in total. The number of hydrogen-bond donors (Lipinski definition) is 2. The molecule has 3 aromatic rings. The van der Waals surface area contributed by atoms with E-state index in [1.54, 1.807) is 56.5 Å². The van der Waals surface area contributed by atoms with E-state index in [4.69, 9.17) is 16.3 Å². The molecule has 1 amide bonds. The third-order valence-corrected chi connectivity index (χ3v) is 3.75. The summed E-state index contributed by atoms with van der Waals surface area (Å²) >= 11 is 5.99. The first-order valence-corrected chi connectivity index (χ1v) is 8.25. The van der Waals surface area contributed by atoms with Crippen LogP contribution in [-0.2, 0) is 0 Å². The van der Waals surface area contributed by atoms with Gasteiger partial charge >= 0.3 is 0 Å². The van der Waals surface area contributed by atoms with Crippen LogP contribution in [0.15, 0.2) is 54.6 Å². The van der Waals surface area contributed by atoms with Gasteiger partial charge in [-0.1, -0.05) is 17.7 Å². The van der Waals surface area contributed by atoms with Crippen molar-refractivity contribution in [1.82, 2.24) is 9.97 Å². The van der Waals surface area contributed by atoms with Crippen molar-refractivity contribution >= 4 is 34.7 Å². The van der Waals surface area contributed by atoms with E-state index >= 15 is 0 Å². The van der Waals surface area contributed by atoms with E-state index in [1.165, 1.54) is 0 Å². The average molecular weight is 369 g/mol. The topological polar surface area (TPSA) is 76.1 Å². The van der Waals surface area contributed by atoms with E-state index < -0.39 is 0 Å². The number of hydrogen-bond acceptors (Lipinski definition) is 5. The SMILES string of the molecule is COc1ccc(NC(=O)c2cc(Nc3cccc(Cl)c3)nc(C)n2)cc1. The number of halogens is 1. The molecule has 3 rings (SSSR count). The highest BCUT2D eigenvalue weighted by atomic mass is 35.5. The molecule has 1 aromatic heterocycles. The van der Waals surface area contributed by atoms with Gasteiger partial charge in [0.1, 0.15) is 23.1 Å². The second kappa shape index (κ2) is 7.84. The highest BCUT2D eigenvalue weighted by Gasteiger charge is 2.11. The lowest BCUT2D eigenvalue weighted by Crippen LogP contribution is -2.15. The summed E-state index contributed by atoms with van der Waals surface area (Å²) in [5, 5.41) is 6.54. The van der Waals surface area contributed by atoms with E-state index in [-0.39, 0.29) is 11.6 Å². The standard InChI is InChI=1S/C19H17ClN4O2/c1-12-21-17(19(25)24-14-6-8-16(26-2)9-7-14)11-18(22-12)23-15-5-3-4-13(20)10-15/h3-11H,1-2H3,(H,24,25)(H,21,22,23). The zero-order valence-electron chi connectivity index (χ0n) is 14.3. The largest absolute Gasteiger partial charge is 0.497 e. The third-order valence-electron chi connectivity index (χ3n) is 3.52. The number of amides is 1. The molecule has 0 atom stereocenters. The van der Waals surface area contributed by atoms with E-state index in [1.807, 2.05) is 12.1 Å². The number of nitrogens with zero attached hydrogens (tertiary/aromatic N) is 2. The normalized spacial score (nSPS) is 10.3. The average Bonchev–Trinajstić information content (AvgIpc) is 2.62. The second-order valence-corrected chi connectivity index (χ2v) is 5.94. The molecule has 0 bridgehead atoms. The Hall–Kier alpha value is -3.12. The maximum Gasteiger partial charge on any atom is 0.274 e. The first-order valence-electron chi connectivity index (χ1n) is 7.87. The minimum absolute atomic E-state index is 0.262. The molecule has 0 saturated carbocycles. The molecule has 2 N–H and O–H groups in total. The number of methoxy groups -OCH3 is 1. The van der Waals surface area contributed by atoms with Gasteiger partial charge in [0, 0.05) is 22.5 Å². The Labute approximate surface area is 156 Å². The van der Waals surface area contributed by atoms with Crippen LogP contribution in [0.25, 0.3) is 0 Å². The van der Waals surface area contributed by atoms with Crippen molar-refractivity contribution in [3.05, 3.63) is 71.1 Å². The molecule has 0 aliphatic rings. The van der Waals surface area contributed by atoms with Crippen LogP contribution in [0.1, 0.15) is 16.3 Å². The molecule has 2 aromatic carbocycles. The summed E-state index contributed by atoms with van der Waals surface area (Å²) < 4.78 is 5.10. The van der Waals surface area contributed by atoms with Crippen molar-refractivity contribution in [2.24, 2.45) is 0 Å². The number of benzene rings is 2. The number of aromatic nitrogens is 2.